The Bertz CT molecular complexity index is 581. The number of carboxylic acids is 1. The van der Waals surface area contributed by atoms with Crippen LogP contribution in [0.5, 0.6) is 0 Å². The van der Waals surface area contributed by atoms with Gasteiger partial charge in [-0.1, -0.05) is 30.3 Å². The smallest absolute Gasteiger partial charge is 0.320 e. The van der Waals surface area contributed by atoms with Gasteiger partial charge in [-0.05, 0) is 32.3 Å². The molecule has 0 radical (unpaired) electrons. The number of methoxy groups -OCH3 is 1. The van der Waals surface area contributed by atoms with Gasteiger partial charge in [-0.2, -0.15) is 0 Å². The largest absolute Gasteiger partial charge is 0.480 e. The summed E-state index contributed by atoms with van der Waals surface area (Å²) in [6.45, 7) is 3.53. The van der Waals surface area contributed by atoms with Crippen molar-refractivity contribution < 1.29 is 24.5 Å². The maximum absolute atomic E-state index is 12.3. The predicted molar refractivity (Wildman–Crippen MR) is 88.2 cm³/mol. The van der Waals surface area contributed by atoms with Crippen LogP contribution in [-0.4, -0.2) is 51.8 Å². The maximum Gasteiger partial charge on any atom is 0.320 e. The van der Waals surface area contributed by atoms with E-state index in [1.54, 1.807) is 18.7 Å². The van der Waals surface area contributed by atoms with Crippen LogP contribution in [0.4, 0.5) is 0 Å². The molecule has 0 spiro atoms. The van der Waals surface area contributed by atoms with Crippen LogP contribution in [0, 0.1) is 5.92 Å². The van der Waals surface area contributed by atoms with Gasteiger partial charge in [0.05, 0.1) is 12.7 Å². The Balaban J connectivity index is 2.35. The van der Waals surface area contributed by atoms with E-state index in [1.807, 2.05) is 30.3 Å². The van der Waals surface area contributed by atoms with E-state index in [0.29, 0.717) is 19.4 Å². The lowest BCUT2D eigenvalue weighted by Crippen LogP contribution is -2.52. The number of esters is 1. The van der Waals surface area contributed by atoms with Crippen molar-refractivity contribution in [1.82, 2.24) is 4.90 Å². The molecule has 1 saturated heterocycles. The summed E-state index contributed by atoms with van der Waals surface area (Å²) < 4.78 is 4.87. The van der Waals surface area contributed by atoms with Gasteiger partial charge < -0.3 is 14.9 Å². The third kappa shape index (κ3) is 3.94. The van der Waals surface area contributed by atoms with Crippen molar-refractivity contribution in [3.05, 3.63) is 35.9 Å². The van der Waals surface area contributed by atoms with Crippen molar-refractivity contribution in [3.8, 4) is 0 Å². The molecule has 132 valence electrons. The number of hydrogen-bond acceptors (Lipinski definition) is 5. The Morgan fingerprint density at radius 2 is 1.92 bits per heavy atom. The molecule has 1 aromatic rings. The number of nitrogens with zero attached hydrogens (tertiary/aromatic N) is 1. The first kappa shape index (κ1) is 18.4. The van der Waals surface area contributed by atoms with Crippen molar-refractivity contribution in [1.29, 1.82) is 0 Å². The molecule has 0 bridgehead atoms. The topological polar surface area (TPSA) is 87.1 Å². The number of carboxylic acid groups (broad SMARTS) is 1. The van der Waals surface area contributed by atoms with Crippen LogP contribution in [0.15, 0.2) is 30.3 Å². The summed E-state index contributed by atoms with van der Waals surface area (Å²) in [5.74, 6) is -2.24. The second kappa shape index (κ2) is 7.32. The summed E-state index contributed by atoms with van der Waals surface area (Å²) in [6.07, 6.45) is 0.962. The number of carbonyl (C=O) groups is 2. The maximum atomic E-state index is 12.3. The van der Waals surface area contributed by atoms with Gasteiger partial charge in [0.15, 0.2) is 0 Å². The number of benzene rings is 1. The second-order valence-corrected chi connectivity index (χ2v) is 6.81. The fraction of sp³-hybridized carbons (Fsp3) is 0.556. The Hall–Kier alpha value is -1.92. The van der Waals surface area contributed by atoms with Gasteiger partial charge in [-0.15, -0.1) is 0 Å². The number of likely N-dealkylation sites (tertiary alicyclic amines) is 1. The Kier molecular flexibility index (Phi) is 5.62. The van der Waals surface area contributed by atoms with Crippen LogP contribution < -0.4 is 0 Å². The zero-order valence-electron chi connectivity index (χ0n) is 14.3. The number of carbonyl (C=O) groups excluding carboxylic acids is 1. The third-order valence-corrected chi connectivity index (χ3v) is 4.66. The first-order valence-corrected chi connectivity index (χ1v) is 8.08. The summed E-state index contributed by atoms with van der Waals surface area (Å²) in [7, 11) is 1.28. The summed E-state index contributed by atoms with van der Waals surface area (Å²) in [4.78, 5) is 25.7. The molecule has 0 amide bonds. The lowest BCUT2D eigenvalue weighted by molar-refractivity contribution is -0.160. The van der Waals surface area contributed by atoms with Gasteiger partial charge in [-0.25, -0.2) is 0 Å². The van der Waals surface area contributed by atoms with E-state index in [-0.39, 0.29) is 0 Å². The van der Waals surface area contributed by atoms with Crippen LogP contribution in [0.1, 0.15) is 32.3 Å². The normalized spacial score (nSPS) is 23.0. The minimum Gasteiger partial charge on any atom is -0.480 e. The van der Waals surface area contributed by atoms with E-state index in [9.17, 15) is 19.8 Å². The molecule has 1 heterocycles. The lowest BCUT2D eigenvalue weighted by Gasteiger charge is -2.37. The average Bonchev–Trinajstić information content (AvgIpc) is 2.90. The molecule has 0 saturated carbocycles. The molecule has 0 aliphatic carbocycles. The summed E-state index contributed by atoms with van der Waals surface area (Å²) in [5, 5.41) is 20.0. The molecule has 1 fully saturated rings. The first-order valence-electron chi connectivity index (χ1n) is 8.08. The highest BCUT2D eigenvalue weighted by atomic mass is 16.5. The minimum absolute atomic E-state index is 0.390. The monoisotopic (exact) mass is 335 g/mol. The van der Waals surface area contributed by atoms with Crippen molar-refractivity contribution in [2.24, 2.45) is 5.92 Å². The standard InChI is InChI=1S/C18H25NO5/c1-18(2,23)15(17(22)24-3)13-9-10-14(16(20)21)19(13)11-12-7-5-4-6-8-12/h4-8,13-15,23H,9-11H2,1-3H3,(H,20,21)/t13-,14+,15?/m1/s1. The van der Waals surface area contributed by atoms with Gasteiger partial charge in [-0.3, -0.25) is 14.5 Å². The van der Waals surface area contributed by atoms with Gasteiger partial charge in [0.2, 0.25) is 0 Å². The van der Waals surface area contributed by atoms with Crippen LogP contribution in [0.25, 0.3) is 0 Å². The van der Waals surface area contributed by atoms with Gasteiger partial charge in [0, 0.05) is 12.6 Å². The highest BCUT2D eigenvalue weighted by Gasteiger charge is 2.49. The van der Waals surface area contributed by atoms with Gasteiger partial charge >= 0.3 is 11.9 Å². The van der Waals surface area contributed by atoms with E-state index in [0.717, 1.165) is 5.56 Å². The highest BCUT2D eigenvalue weighted by Crippen LogP contribution is 2.36. The molecule has 6 heteroatoms. The highest BCUT2D eigenvalue weighted by molar-refractivity contribution is 5.76. The lowest BCUT2D eigenvalue weighted by atomic mass is 9.83. The number of aliphatic hydroxyl groups is 1. The van der Waals surface area contributed by atoms with Crippen LogP contribution in [0.3, 0.4) is 0 Å². The molecule has 0 aromatic heterocycles. The molecule has 1 aromatic carbocycles. The van der Waals surface area contributed by atoms with Crippen molar-refractivity contribution in [2.75, 3.05) is 7.11 Å². The number of rotatable bonds is 6. The molecule has 2 rings (SSSR count). The Morgan fingerprint density at radius 1 is 1.29 bits per heavy atom. The molecule has 6 nitrogen and oxygen atoms in total. The van der Waals surface area contributed by atoms with E-state index in [2.05, 4.69) is 0 Å². The summed E-state index contributed by atoms with van der Waals surface area (Å²) in [5.41, 5.74) is -0.338. The van der Waals surface area contributed by atoms with E-state index in [4.69, 9.17) is 4.74 Å². The first-order chi connectivity index (χ1) is 11.3. The van der Waals surface area contributed by atoms with Gasteiger partial charge in [0.25, 0.3) is 0 Å². The Labute approximate surface area is 142 Å². The predicted octanol–water partition coefficient (Wildman–Crippen LogP) is 1.66. The summed E-state index contributed by atoms with van der Waals surface area (Å²) in [6, 6.07) is 8.46. The zero-order valence-corrected chi connectivity index (χ0v) is 14.3. The van der Waals surface area contributed by atoms with E-state index >= 15 is 0 Å². The summed E-state index contributed by atoms with van der Waals surface area (Å²) >= 11 is 0. The second-order valence-electron chi connectivity index (χ2n) is 6.81. The van der Waals surface area contributed by atoms with Gasteiger partial charge in [0.1, 0.15) is 12.0 Å². The molecule has 1 unspecified atom stereocenters. The molecule has 24 heavy (non-hydrogen) atoms. The SMILES string of the molecule is COC(=O)C([C@H]1CC[C@@H](C(=O)O)N1Cc1ccccc1)C(C)(C)O. The van der Waals surface area contributed by atoms with E-state index in [1.165, 1.54) is 7.11 Å². The van der Waals surface area contributed by atoms with Crippen molar-refractivity contribution in [3.63, 3.8) is 0 Å². The van der Waals surface area contributed by atoms with Crippen LogP contribution in [0.2, 0.25) is 0 Å². The fourth-order valence-electron chi connectivity index (χ4n) is 3.58. The molecule has 2 N–H and O–H groups in total. The number of aliphatic carboxylic acids is 1. The zero-order chi connectivity index (χ0) is 17.9. The molecular weight excluding hydrogens is 310 g/mol. The number of hydrogen-bond donors (Lipinski definition) is 2. The number of ether oxygens (including phenoxy) is 1. The Morgan fingerprint density at radius 3 is 2.42 bits per heavy atom. The van der Waals surface area contributed by atoms with Crippen LogP contribution in [-0.2, 0) is 20.9 Å². The quantitative estimate of drug-likeness (QED) is 0.769. The third-order valence-electron chi connectivity index (χ3n) is 4.66. The average molecular weight is 335 g/mol. The minimum atomic E-state index is -1.31. The van der Waals surface area contributed by atoms with Crippen molar-refractivity contribution >= 4 is 11.9 Å². The fourth-order valence-corrected chi connectivity index (χ4v) is 3.58. The molecule has 1 aliphatic rings. The van der Waals surface area contributed by atoms with Crippen molar-refractivity contribution in [2.45, 2.75) is 50.9 Å². The molecule has 3 atom stereocenters. The van der Waals surface area contributed by atoms with Crippen LogP contribution >= 0.6 is 0 Å². The molecular formula is C18H25NO5. The molecule has 1 aliphatic heterocycles. The van der Waals surface area contributed by atoms with E-state index < -0.39 is 35.5 Å².